The molecule has 0 aromatic rings. The van der Waals surface area contributed by atoms with E-state index in [-0.39, 0.29) is 89.7 Å². The van der Waals surface area contributed by atoms with Gasteiger partial charge in [0.1, 0.15) is 0 Å². The fraction of sp³-hybridized carbons (Fsp3) is 1.00. The molecule has 0 aliphatic rings. The van der Waals surface area contributed by atoms with E-state index in [2.05, 4.69) is 80.0 Å². The van der Waals surface area contributed by atoms with Crippen molar-refractivity contribution >= 4 is 47.5 Å². The van der Waals surface area contributed by atoms with E-state index in [1.807, 2.05) is 0 Å². The van der Waals surface area contributed by atoms with Crippen molar-refractivity contribution in [3.8, 4) is 0 Å². The molecule has 23 heavy (non-hydrogen) atoms. The van der Waals surface area contributed by atoms with Crippen LogP contribution in [0.1, 0.15) is 0 Å². The van der Waals surface area contributed by atoms with Crippen molar-refractivity contribution in [2.75, 3.05) is 97.7 Å². The normalized spacial score (nSPS) is 10.2. The zero-order valence-corrected chi connectivity index (χ0v) is 28.3. The van der Waals surface area contributed by atoms with Crippen LogP contribution in [0.25, 0.3) is 0 Å². The molecule has 0 saturated carbocycles. The zero-order valence-electron chi connectivity index (χ0n) is 17.8. The van der Waals surface area contributed by atoms with Gasteiger partial charge in [0.05, 0.1) is 0 Å². The summed E-state index contributed by atoms with van der Waals surface area (Å²) in [6, 6.07) is 0. The third kappa shape index (κ3) is 58.5. The average molecular weight is 805 g/mol. The van der Waals surface area contributed by atoms with Crippen molar-refractivity contribution in [1.29, 1.82) is 0 Å². The molecule has 0 heterocycles. The Morgan fingerprint density at radius 3 is 0.391 bits per heavy atom. The minimum atomic E-state index is 0. The molecule has 0 aliphatic carbocycles. The van der Waals surface area contributed by atoms with Gasteiger partial charge in [0.25, 0.3) is 0 Å². The molecule has 0 saturated heterocycles. The third-order valence-corrected chi connectivity index (χ3v) is 19.1. The standard InChI is InChI=1S/3C5H14P2.2Pt/c3*1-6(2)5-7(3)4;;/h3*5H2,1-4H3;;/p+6. The van der Waals surface area contributed by atoms with Crippen LogP contribution in [-0.2, 0) is 42.1 Å². The number of hydrogen-bond acceptors (Lipinski definition) is 0. The van der Waals surface area contributed by atoms with E-state index < -0.39 is 0 Å². The van der Waals surface area contributed by atoms with Crippen molar-refractivity contribution in [2.24, 2.45) is 0 Å². The van der Waals surface area contributed by atoms with Gasteiger partial charge in [-0.05, 0) is 0 Å². The first-order valence-corrected chi connectivity index (χ1v) is 24.4. The topological polar surface area (TPSA) is 0 Å². The number of hydrogen-bond donors (Lipinski definition) is 0. The molecule has 0 amide bonds. The van der Waals surface area contributed by atoms with E-state index >= 15 is 0 Å². The van der Waals surface area contributed by atoms with E-state index in [9.17, 15) is 0 Å². The van der Waals surface area contributed by atoms with Gasteiger partial charge in [-0.25, -0.2) is 0 Å². The molecule has 0 unspecified atom stereocenters. The molecule has 0 radical (unpaired) electrons. The van der Waals surface area contributed by atoms with Crippen molar-refractivity contribution in [3.05, 3.63) is 0 Å². The van der Waals surface area contributed by atoms with Gasteiger partial charge in [-0.1, -0.05) is 0 Å². The SMILES string of the molecule is C[PH+](C)C[PH+](C)C.C[PH+](C)C[PH+](C)C.C[PH+](C)C[PH+](C)C.[Pt].[Pt]. The van der Waals surface area contributed by atoms with Gasteiger partial charge >= 0.3 is 0 Å². The smallest absolute Gasteiger partial charge is 0 e. The van der Waals surface area contributed by atoms with Crippen LogP contribution >= 0.6 is 47.5 Å². The minimum absolute atomic E-state index is 0. The first kappa shape index (κ1) is 37.7. The molecule has 0 aromatic carbocycles. The monoisotopic (exact) mass is 804 g/mol. The Bertz CT molecular complexity index is 149. The van der Waals surface area contributed by atoms with Crippen molar-refractivity contribution in [3.63, 3.8) is 0 Å². The molecule has 152 valence electrons. The maximum Gasteiger partial charge on any atom is 0.154 e. The van der Waals surface area contributed by atoms with Crippen molar-refractivity contribution in [2.45, 2.75) is 0 Å². The van der Waals surface area contributed by atoms with Crippen molar-refractivity contribution in [1.82, 2.24) is 0 Å². The largest absolute Gasteiger partial charge is 0.154 e. The second-order valence-electron chi connectivity index (χ2n) is 7.77. The maximum absolute atomic E-state index is 2.39. The third-order valence-electron chi connectivity index (χ3n) is 2.12. The second-order valence-corrected chi connectivity index (χ2v) is 26.5. The fourth-order valence-electron chi connectivity index (χ4n) is 2.12. The molecule has 0 atom stereocenters. The van der Waals surface area contributed by atoms with Crippen LogP contribution in [-0.4, -0.2) is 97.7 Å². The zero-order chi connectivity index (χ0) is 17.6. The average Bonchev–Trinajstić information content (AvgIpc) is 2.10. The predicted octanol–water partition coefficient (Wildman–Crippen LogP) is 5.67. The molecule has 0 bridgehead atoms. The molecule has 0 fully saturated rings. The number of rotatable bonds is 6. The first-order chi connectivity index (χ1) is 9.38. The summed E-state index contributed by atoms with van der Waals surface area (Å²) in [5.74, 6) is 4.69. The fourth-order valence-corrected chi connectivity index (χ4v) is 19.1. The molecule has 0 spiro atoms. The summed E-state index contributed by atoms with van der Waals surface area (Å²) in [6.07, 6.45) is 0. The molecule has 0 nitrogen and oxygen atoms in total. The van der Waals surface area contributed by atoms with E-state index in [0.717, 1.165) is 0 Å². The summed E-state index contributed by atoms with van der Waals surface area (Å²) >= 11 is 0. The summed E-state index contributed by atoms with van der Waals surface area (Å²) in [5, 5.41) is 0. The molecule has 0 aliphatic heterocycles. The molecule has 0 aromatic heterocycles. The van der Waals surface area contributed by atoms with Crippen LogP contribution in [0.15, 0.2) is 0 Å². The van der Waals surface area contributed by atoms with Gasteiger partial charge in [0.15, 0.2) is 17.7 Å². The second kappa shape index (κ2) is 26.0. The van der Waals surface area contributed by atoms with E-state index in [0.29, 0.717) is 0 Å². The summed E-state index contributed by atoms with van der Waals surface area (Å²) in [7, 11) is 0.667. The van der Waals surface area contributed by atoms with Crippen LogP contribution in [0.2, 0.25) is 0 Å². The summed E-state index contributed by atoms with van der Waals surface area (Å²) in [6.45, 7) is 28.7. The maximum atomic E-state index is 2.39. The Morgan fingerprint density at radius 1 is 0.304 bits per heavy atom. The summed E-state index contributed by atoms with van der Waals surface area (Å²) in [4.78, 5) is 0. The molecule has 0 N–H and O–H groups in total. The Balaban J connectivity index is -0.0000000675. The van der Waals surface area contributed by atoms with Gasteiger partial charge in [-0.3, -0.25) is 0 Å². The van der Waals surface area contributed by atoms with Crippen LogP contribution in [0.4, 0.5) is 0 Å². The Labute approximate surface area is 186 Å². The van der Waals surface area contributed by atoms with E-state index in [4.69, 9.17) is 0 Å². The predicted molar refractivity (Wildman–Crippen MR) is 136 cm³/mol. The van der Waals surface area contributed by atoms with E-state index in [1.54, 1.807) is 17.7 Å². The van der Waals surface area contributed by atoms with Crippen LogP contribution in [0.5, 0.6) is 0 Å². The molecular formula is C15H48P6Pt2+6. The van der Waals surface area contributed by atoms with Gasteiger partial charge < -0.3 is 0 Å². The van der Waals surface area contributed by atoms with Crippen LogP contribution in [0, 0.1) is 0 Å². The van der Waals surface area contributed by atoms with Crippen molar-refractivity contribution < 1.29 is 42.1 Å². The summed E-state index contributed by atoms with van der Waals surface area (Å²) < 4.78 is 0. The van der Waals surface area contributed by atoms with Gasteiger partial charge in [-0.15, -0.1) is 0 Å². The minimum Gasteiger partial charge on any atom is 0 e. The molecule has 0 rings (SSSR count). The van der Waals surface area contributed by atoms with Gasteiger partial charge in [-0.2, -0.15) is 0 Å². The Morgan fingerprint density at radius 2 is 0.391 bits per heavy atom. The Kier molecular flexibility index (Phi) is 42.5. The quantitative estimate of drug-likeness (QED) is 0.304. The first-order valence-electron chi connectivity index (χ1n) is 8.12. The Hall–Kier alpha value is 3.96. The van der Waals surface area contributed by atoms with E-state index in [1.165, 1.54) is 0 Å². The molecular weight excluding hydrogens is 756 g/mol. The van der Waals surface area contributed by atoms with Crippen LogP contribution in [0.3, 0.4) is 0 Å². The van der Waals surface area contributed by atoms with Crippen LogP contribution < -0.4 is 0 Å². The summed E-state index contributed by atoms with van der Waals surface area (Å²) in [5.41, 5.74) is 0. The molecule has 8 heteroatoms. The van der Waals surface area contributed by atoms with Gasteiger partial charge in [0, 0.05) is 170 Å². The van der Waals surface area contributed by atoms with Gasteiger partial charge in [0.2, 0.25) is 0 Å².